The molecule has 0 unspecified atom stereocenters. The molecule has 3 heterocycles. The fourth-order valence-corrected chi connectivity index (χ4v) is 6.79. The Morgan fingerprint density at radius 2 is 1.68 bits per heavy atom. The molecule has 1 aromatic heterocycles. The third-order valence-corrected chi connectivity index (χ3v) is 8.91. The van der Waals surface area contributed by atoms with Crippen LogP contribution in [0.15, 0.2) is 54.6 Å². The van der Waals surface area contributed by atoms with E-state index in [4.69, 9.17) is 4.98 Å². The third-order valence-electron chi connectivity index (χ3n) is 8.91. The zero-order valence-corrected chi connectivity index (χ0v) is 21.0. The summed E-state index contributed by atoms with van der Waals surface area (Å²) in [7, 11) is 0. The highest BCUT2D eigenvalue weighted by molar-refractivity contribution is 5.86. The van der Waals surface area contributed by atoms with Crippen LogP contribution in [0.4, 0.5) is 13.2 Å². The predicted octanol–water partition coefficient (Wildman–Crippen LogP) is 6.10. The van der Waals surface area contributed by atoms with Crippen molar-refractivity contribution in [2.24, 2.45) is 5.41 Å². The van der Waals surface area contributed by atoms with Gasteiger partial charge in [0.25, 0.3) is 0 Å². The molecule has 1 N–H and O–H groups in total. The van der Waals surface area contributed by atoms with Gasteiger partial charge < -0.3 is 9.88 Å². The summed E-state index contributed by atoms with van der Waals surface area (Å²) in [5.74, 6) is 0.169. The van der Waals surface area contributed by atoms with E-state index in [0.29, 0.717) is 24.5 Å². The third kappa shape index (κ3) is 4.33. The smallest absolute Gasteiger partial charge is 0.348 e. The highest BCUT2D eigenvalue weighted by Gasteiger charge is 2.68. The zero-order valence-electron chi connectivity index (χ0n) is 21.0. The van der Waals surface area contributed by atoms with Gasteiger partial charge in [0.15, 0.2) is 0 Å². The van der Waals surface area contributed by atoms with E-state index in [-0.39, 0.29) is 12.8 Å². The summed E-state index contributed by atoms with van der Waals surface area (Å²) in [5, 5.41) is 2.79. The summed E-state index contributed by atoms with van der Waals surface area (Å²) >= 11 is 0. The van der Waals surface area contributed by atoms with E-state index in [1.807, 2.05) is 36.4 Å². The first-order valence-electron chi connectivity index (χ1n) is 13.4. The van der Waals surface area contributed by atoms with Gasteiger partial charge in [0.05, 0.1) is 17.1 Å². The fraction of sp³-hybridized carbons (Fsp3) is 0.517. The maximum absolute atomic E-state index is 13.6. The van der Waals surface area contributed by atoms with Crippen LogP contribution in [0.1, 0.15) is 68.4 Å². The number of nitrogens with zero attached hydrogens (tertiary/aromatic N) is 3. The number of aromatic nitrogens is 2. The molecule has 2 saturated heterocycles. The monoisotopic (exact) mass is 510 g/mol. The Morgan fingerprint density at radius 3 is 2.32 bits per heavy atom. The highest BCUT2D eigenvalue weighted by Crippen LogP contribution is 2.58. The molecule has 6 rings (SSSR count). The lowest BCUT2D eigenvalue weighted by Gasteiger charge is -2.40. The van der Waals surface area contributed by atoms with Crippen LogP contribution in [0, 0.1) is 12.3 Å². The van der Waals surface area contributed by atoms with Gasteiger partial charge in [0.1, 0.15) is 11.2 Å². The molecule has 5 nitrogen and oxygen atoms in total. The number of piperidine rings is 1. The molecule has 37 heavy (non-hydrogen) atoms. The molecular formula is C29H33F3N4O. The lowest BCUT2D eigenvalue weighted by Crippen LogP contribution is -2.46. The number of aryl methyl sites for hydroxylation is 1. The van der Waals surface area contributed by atoms with Crippen molar-refractivity contribution in [2.75, 3.05) is 6.54 Å². The first-order chi connectivity index (χ1) is 17.8. The van der Waals surface area contributed by atoms with Crippen molar-refractivity contribution in [1.29, 1.82) is 0 Å². The zero-order chi connectivity index (χ0) is 25.8. The topological polar surface area (TPSA) is 50.2 Å². The molecule has 2 aliphatic heterocycles. The van der Waals surface area contributed by atoms with Crippen LogP contribution in [-0.4, -0.2) is 45.2 Å². The van der Waals surface area contributed by atoms with Crippen LogP contribution < -0.4 is 5.32 Å². The maximum atomic E-state index is 13.6. The van der Waals surface area contributed by atoms with Crippen LogP contribution in [-0.2, 0) is 4.79 Å². The second-order valence-corrected chi connectivity index (χ2v) is 11.1. The molecule has 2 aromatic carbocycles. The molecule has 196 valence electrons. The summed E-state index contributed by atoms with van der Waals surface area (Å²) in [4.78, 5) is 20.1. The first-order valence-corrected chi connectivity index (χ1v) is 13.4. The SMILES string of the molecule is Cc1nc2ccccc2n1[C@@H]1C[C@H]2CC[C@@H](C1)N2CC[C@H](NC(=O)C1(C(F)(F)F)CC1)c1ccccc1. The van der Waals surface area contributed by atoms with Crippen molar-refractivity contribution in [3.05, 3.63) is 66.0 Å². The number of carbonyl (C=O) groups excluding carboxylic acids is 1. The molecule has 3 aromatic rings. The number of benzene rings is 2. The summed E-state index contributed by atoms with van der Waals surface area (Å²) in [6, 6.07) is 18.5. The predicted molar refractivity (Wildman–Crippen MR) is 136 cm³/mol. The van der Waals surface area contributed by atoms with Crippen LogP contribution in [0.2, 0.25) is 0 Å². The van der Waals surface area contributed by atoms with Crippen molar-refractivity contribution in [3.8, 4) is 0 Å². The van der Waals surface area contributed by atoms with Gasteiger partial charge in [-0.25, -0.2) is 4.98 Å². The van der Waals surface area contributed by atoms with Crippen molar-refractivity contribution in [2.45, 2.75) is 82.2 Å². The Balaban J connectivity index is 1.16. The molecule has 2 bridgehead atoms. The van der Waals surface area contributed by atoms with Gasteiger partial charge in [-0.2, -0.15) is 13.2 Å². The number of nitrogens with one attached hydrogen (secondary N) is 1. The van der Waals surface area contributed by atoms with E-state index >= 15 is 0 Å². The Labute approximate surface area is 215 Å². The fourth-order valence-electron chi connectivity index (χ4n) is 6.79. The minimum atomic E-state index is -4.51. The van der Waals surface area contributed by atoms with Crippen molar-refractivity contribution >= 4 is 16.9 Å². The number of para-hydroxylation sites is 2. The van der Waals surface area contributed by atoms with Gasteiger partial charge in [-0.3, -0.25) is 9.69 Å². The average molecular weight is 511 g/mol. The molecule has 3 fully saturated rings. The van der Waals surface area contributed by atoms with E-state index in [1.165, 1.54) is 5.52 Å². The van der Waals surface area contributed by atoms with Gasteiger partial charge in [0, 0.05) is 24.7 Å². The number of hydrogen-bond acceptors (Lipinski definition) is 3. The molecule has 1 aliphatic carbocycles. The second-order valence-electron chi connectivity index (χ2n) is 11.1. The van der Waals surface area contributed by atoms with Crippen LogP contribution in [0.25, 0.3) is 11.0 Å². The van der Waals surface area contributed by atoms with Gasteiger partial charge in [-0.15, -0.1) is 0 Å². The van der Waals surface area contributed by atoms with E-state index in [1.54, 1.807) is 0 Å². The molecule has 8 heteroatoms. The number of alkyl halides is 3. The van der Waals surface area contributed by atoms with Crippen molar-refractivity contribution in [3.63, 3.8) is 0 Å². The standard InChI is InChI=1S/C29H33F3N4O/c1-19-33-25-9-5-6-10-26(25)36(19)23-17-21-11-12-22(18-23)35(21)16-13-24(20-7-3-2-4-8-20)34-27(37)28(14-15-28)29(30,31)32/h2-10,21-24H,11-18H2,1H3,(H,34,37)/t21-,22+,23-,24-/m0/s1. The first kappa shape index (κ1) is 24.5. The Hall–Kier alpha value is -2.87. The summed E-state index contributed by atoms with van der Waals surface area (Å²) in [5.41, 5.74) is 0.867. The normalized spacial score (nSPS) is 25.8. The number of halogens is 3. The molecule has 0 spiro atoms. The lowest BCUT2D eigenvalue weighted by atomic mass is 9.95. The van der Waals surface area contributed by atoms with E-state index < -0.39 is 23.5 Å². The minimum absolute atomic E-state index is 0.121. The Bertz CT molecular complexity index is 1270. The van der Waals surface area contributed by atoms with Crippen LogP contribution in [0.3, 0.4) is 0 Å². The van der Waals surface area contributed by atoms with Crippen molar-refractivity contribution < 1.29 is 18.0 Å². The van der Waals surface area contributed by atoms with Crippen LogP contribution >= 0.6 is 0 Å². The average Bonchev–Trinajstić information content (AvgIpc) is 3.59. The minimum Gasteiger partial charge on any atom is -0.348 e. The quantitative estimate of drug-likeness (QED) is 0.418. The molecular weight excluding hydrogens is 477 g/mol. The van der Waals surface area contributed by atoms with Gasteiger partial charge in [0.2, 0.25) is 5.91 Å². The number of amides is 1. The van der Waals surface area contributed by atoms with E-state index in [2.05, 4.69) is 39.9 Å². The van der Waals surface area contributed by atoms with Crippen molar-refractivity contribution in [1.82, 2.24) is 19.8 Å². The van der Waals surface area contributed by atoms with E-state index in [9.17, 15) is 18.0 Å². The van der Waals surface area contributed by atoms with Gasteiger partial charge in [-0.05, 0) is 69.6 Å². The van der Waals surface area contributed by atoms with Crippen LogP contribution in [0.5, 0.6) is 0 Å². The lowest BCUT2D eigenvalue weighted by molar-refractivity contribution is -0.192. The summed E-state index contributed by atoms with van der Waals surface area (Å²) in [6.07, 6.45) is 0.185. The summed E-state index contributed by atoms with van der Waals surface area (Å²) in [6.45, 7) is 2.83. The Kier molecular flexibility index (Phi) is 6.05. The molecule has 0 radical (unpaired) electrons. The number of hydrogen-bond donors (Lipinski definition) is 1. The second kappa shape index (κ2) is 9.15. The van der Waals surface area contributed by atoms with Gasteiger partial charge >= 0.3 is 6.18 Å². The largest absolute Gasteiger partial charge is 0.403 e. The van der Waals surface area contributed by atoms with Gasteiger partial charge in [-0.1, -0.05) is 42.5 Å². The number of fused-ring (bicyclic) bond motifs is 3. The number of imidazole rings is 1. The molecule has 1 saturated carbocycles. The highest BCUT2D eigenvalue weighted by atomic mass is 19.4. The molecule has 4 atom stereocenters. The number of carbonyl (C=O) groups is 1. The van der Waals surface area contributed by atoms with E-state index in [0.717, 1.165) is 49.1 Å². The number of rotatable bonds is 7. The Morgan fingerprint density at radius 1 is 1.03 bits per heavy atom. The summed E-state index contributed by atoms with van der Waals surface area (Å²) < 4.78 is 43.2. The molecule has 1 amide bonds. The maximum Gasteiger partial charge on any atom is 0.403 e. The molecule has 3 aliphatic rings.